The standard InChI is InChI=1S/C12H17O3P/c1-4-16(14,5-2)11-9-7-6-8-10(11)12(13)15-3/h6-9H,4-5H2,1-3H3. The molecule has 16 heavy (non-hydrogen) atoms. The summed E-state index contributed by atoms with van der Waals surface area (Å²) >= 11 is 0. The zero-order chi connectivity index (χ0) is 12.2. The molecule has 0 aliphatic heterocycles. The Morgan fingerprint density at radius 2 is 1.81 bits per heavy atom. The van der Waals surface area contributed by atoms with Gasteiger partial charge in [0.05, 0.1) is 12.7 Å². The average Bonchev–Trinajstić information content (AvgIpc) is 2.37. The highest BCUT2D eigenvalue weighted by Gasteiger charge is 2.25. The summed E-state index contributed by atoms with van der Waals surface area (Å²) in [7, 11) is -1.10. The summed E-state index contributed by atoms with van der Waals surface area (Å²) in [6.45, 7) is 3.77. The number of ether oxygens (including phenoxy) is 1. The van der Waals surface area contributed by atoms with E-state index in [2.05, 4.69) is 0 Å². The van der Waals surface area contributed by atoms with Crippen LogP contribution in [-0.2, 0) is 9.30 Å². The zero-order valence-corrected chi connectivity index (χ0v) is 10.8. The Morgan fingerprint density at radius 3 is 2.31 bits per heavy atom. The first kappa shape index (κ1) is 13.0. The Bertz CT molecular complexity index is 418. The third-order valence-electron chi connectivity index (χ3n) is 2.77. The number of hydrogen-bond donors (Lipinski definition) is 0. The fourth-order valence-corrected chi connectivity index (χ4v) is 3.77. The first-order valence-electron chi connectivity index (χ1n) is 5.35. The molecule has 1 aromatic carbocycles. The Morgan fingerprint density at radius 1 is 1.25 bits per heavy atom. The third-order valence-corrected chi connectivity index (χ3v) is 6.08. The molecule has 0 bridgehead atoms. The van der Waals surface area contributed by atoms with Gasteiger partial charge in [0.15, 0.2) is 0 Å². The minimum atomic E-state index is -2.44. The van der Waals surface area contributed by atoms with Crippen molar-refractivity contribution >= 4 is 18.4 Å². The van der Waals surface area contributed by atoms with Gasteiger partial charge in [-0.05, 0) is 6.07 Å². The monoisotopic (exact) mass is 240 g/mol. The largest absolute Gasteiger partial charge is 0.465 e. The number of carbonyl (C=O) groups is 1. The molecule has 0 aliphatic carbocycles. The molecular formula is C12H17O3P. The smallest absolute Gasteiger partial charge is 0.338 e. The van der Waals surface area contributed by atoms with Crippen LogP contribution in [0.5, 0.6) is 0 Å². The molecule has 0 unspecified atom stereocenters. The Hall–Kier alpha value is -1.08. The van der Waals surface area contributed by atoms with Crippen LogP contribution in [0.4, 0.5) is 0 Å². The zero-order valence-electron chi connectivity index (χ0n) is 9.90. The number of hydrogen-bond acceptors (Lipinski definition) is 3. The lowest BCUT2D eigenvalue weighted by Gasteiger charge is -2.17. The summed E-state index contributed by atoms with van der Waals surface area (Å²) in [6.07, 6.45) is 1.13. The minimum Gasteiger partial charge on any atom is -0.465 e. The first-order chi connectivity index (χ1) is 7.59. The van der Waals surface area contributed by atoms with Crippen LogP contribution in [0.2, 0.25) is 0 Å². The van der Waals surface area contributed by atoms with Crippen LogP contribution in [-0.4, -0.2) is 25.4 Å². The van der Waals surface area contributed by atoms with Gasteiger partial charge in [0.25, 0.3) is 0 Å². The molecule has 88 valence electrons. The minimum absolute atomic E-state index is 0.419. The fraction of sp³-hybridized carbons (Fsp3) is 0.417. The van der Waals surface area contributed by atoms with E-state index in [1.807, 2.05) is 13.8 Å². The second-order valence-corrected chi connectivity index (χ2v) is 7.06. The molecule has 0 radical (unpaired) electrons. The van der Waals surface area contributed by atoms with Crippen LogP contribution in [0.25, 0.3) is 0 Å². The summed E-state index contributed by atoms with van der Waals surface area (Å²) in [5, 5.41) is 0.645. The predicted octanol–water partition coefficient (Wildman–Crippen LogP) is 2.50. The quantitative estimate of drug-likeness (QED) is 0.600. The molecule has 1 aromatic rings. The van der Waals surface area contributed by atoms with Gasteiger partial charge in [-0.2, -0.15) is 0 Å². The van der Waals surface area contributed by atoms with Gasteiger partial charge in [0, 0.05) is 17.6 Å². The average molecular weight is 240 g/mol. The van der Waals surface area contributed by atoms with Crippen molar-refractivity contribution in [2.45, 2.75) is 13.8 Å². The molecule has 4 heteroatoms. The van der Waals surface area contributed by atoms with Crippen molar-refractivity contribution in [3.8, 4) is 0 Å². The van der Waals surface area contributed by atoms with E-state index >= 15 is 0 Å². The van der Waals surface area contributed by atoms with Crippen LogP contribution in [0.15, 0.2) is 24.3 Å². The number of benzene rings is 1. The van der Waals surface area contributed by atoms with Crippen molar-refractivity contribution in [1.82, 2.24) is 0 Å². The van der Waals surface area contributed by atoms with E-state index in [4.69, 9.17) is 4.74 Å². The van der Waals surface area contributed by atoms with Crippen LogP contribution in [0, 0.1) is 0 Å². The molecule has 0 atom stereocenters. The van der Waals surface area contributed by atoms with Gasteiger partial charge in [-0.15, -0.1) is 0 Å². The molecular weight excluding hydrogens is 223 g/mol. The molecule has 0 amide bonds. The van der Waals surface area contributed by atoms with E-state index in [-0.39, 0.29) is 0 Å². The maximum Gasteiger partial charge on any atom is 0.338 e. The highest BCUT2D eigenvalue weighted by molar-refractivity contribution is 7.71. The normalized spacial score (nSPS) is 11.2. The van der Waals surface area contributed by atoms with E-state index < -0.39 is 13.1 Å². The molecule has 0 aliphatic rings. The lowest BCUT2D eigenvalue weighted by molar-refractivity contribution is 0.0602. The van der Waals surface area contributed by atoms with Gasteiger partial charge in [0.2, 0.25) is 0 Å². The van der Waals surface area contributed by atoms with Crippen LogP contribution in [0.3, 0.4) is 0 Å². The maximum absolute atomic E-state index is 12.6. The number of carbonyl (C=O) groups excluding carboxylic acids is 1. The molecule has 0 fully saturated rings. The topological polar surface area (TPSA) is 43.4 Å². The van der Waals surface area contributed by atoms with Gasteiger partial charge in [-0.3, -0.25) is 0 Å². The van der Waals surface area contributed by atoms with Crippen molar-refractivity contribution in [2.75, 3.05) is 19.4 Å². The molecule has 1 rings (SSSR count). The van der Waals surface area contributed by atoms with Crippen molar-refractivity contribution in [1.29, 1.82) is 0 Å². The highest BCUT2D eigenvalue weighted by Crippen LogP contribution is 2.44. The number of esters is 1. The van der Waals surface area contributed by atoms with E-state index in [0.717, 1.165) is 0 Å². The third kappa shape index (κ3) is 2.35. The molecule has 0 N–H and O–H groups in total. The SMILES string of the molecule is CCP(=O)(CC)c1ccccc1C(=O)OC. The Kier molecular flexibility index (Phi) is 4.31. The summed E-state index contributed by atoms with van der Waals surface area (Å²) in [6, 6.07) is 6.99. The van der Waals surface area contributed by atoms with Gasteiger partial charge in [-0.1, -0.05) is 32.0 Å². The summed E-state index contributed by atoms with van der Waals surface area (Å²) in [5.74, 6) is -0.419. The van der Waals surface area contributed by atoms with Crippen molar-refractivity contribution < 1.29 is 14.1 Å². The second-order valence-electron chi connectivity index (χ2n) is 3.53. The number of methoxy groups -OCH3 is 1. The summed E-state index contributed by atoms with van der Waals surface area (Å²) in [4.78, 5) is 11.6. The van der Waals surface area contributed by atoms with E-state index in [1.54, 1.807) is 24.3 Å². The van der Waals surface area contributed by atoms with Gasteiger partial charge < -0.3 is 9.30 Å². The van der Waals surface area contributed by atoms with Crippen molar-refractivity contribution in [3.63, 3.8) is 0 Å². The van der Waals surface area contributed by atoms with Gasteiger partial charge in [0.1, 0.15) is 7.14 Å². The lowest BCUT2D eigenvalue weighted by Crippen LogP contribution is -2.19. The number of rotatable bonds is 4. The highest BCUT2D eigenvalue weighted by atomic mass is 31.2. The Labute approximate surface area is 96.2 Å². The second kappa shape index (κ2) is 5.31. The molecule has 0 saturated carbocycles. The van der Waals surface area contributed by atoms with Crippen molar-refractivity contribution in [2.24, 2.45) is 0 Å². The molecule has 0 aromatic heterocycles. The van der Waals surface area contributed by atoms with E-state index in [9.17, 15) is 9.36 Å². The lowest BCUT2D eigenvalue weighted by atomic mass is 10.2. The van der Waals surface area contributed by atoms with Gasteiger partial charge >= 0.3 is 5.97 Å². The maximum atomic E-state index is 12.6. The molecule has 0 spiro atoms. The van der Waals surface area contributed by atoms with Crippen LogP contribution >= 0.6 is 7.14 Å². The first-order valence-corrected chi connectivity index (χ1v) is 7.42. The summed E-state index contributed by atoms with van der Waals surface area (Å²) < 4.78 is 17.3. The van der Waals surface area contributed by atoms with Crippen LogP contribution < -0.4 is 5.30 Å². The van der Waals surface area contributed by atoms with E-state index in [1.165, 1.54) is 7.11 Å². The fourth-order valence-electron chi connectivity index (χ4n) is 1.68. The van der Waals surface area contributed by atoms with E-state index in [0.29, 0.717) is 23.2 Å². The van der Waals surface area contributed by atoms with Crippen molar-refractivity contribution in [3.05, 3.63) is 29.8 Å². The molecule has 3 nitrogen and oxygen atoms in total. The van der Waals surface area contributed by atoms with Gasteiger partial charge in [-0.25, -0.2) is 4.79 Å². The predicted molar refractivity (Wildman–Crippen MR) is 66.1 cm³/mol. The summed E-state index contributed by atoms with van der Waals surface area (Å²) in [5.41, 5.74) is 0.428. The van der Waals surface area contributed by atoms with Crippen LogP contribution in [0.1, 0.15) is 24.2 Å². The Balaban J connectivity index is 3.33. The molecule has 0 saturated heterocycles. The molecule has 0 heterocycles.